The molecule has 0 saturated carbocycles. The standard InChI is InChI=1S/C37H52N3O7/c1-4-45-35(42)33(20-12-11-15-30-21-23-39(24-22-30)36(43)46-26-31-16-7-5-8-17-31)38-29(3)34(41)40(25-13-14-28(40)2)37(44)47-27-32-18-9-6-10-19-32/h5-10,16-19,28-30,33,38H,4,11-15,20-27H2,1-3H3/q+1/t28-,29+,33+,40?/m1/s1. The SMILES string of the molecule is CCOC(=O)[C@H](CCCCC1CCN(C(=O)OCc2ccccc2)CC1)N[C@@H](C)C(=O)[N+]1(C(=O)OCc2ccccc2)CCC[C@H]1C. The number of quaternary nitrogens is 1. The molecule has 2 saturated heterocycles. The lowest BCUT2D eigenvalue weighted by molar-refractivity contribution is -0.793. The number of unbranched alkanes of at least 4 members (excludes halogenated alkanes) is 1. The van der Waals surface area contributed by atoms with Gasteiger partial charge in [-0.25, -0.2) is 9.59 Å². The minimum absolute atomic E-state index is 0.101. The fourth-order valence-corrected chi connectivity index (χ4v) is 6.83. The molecule has 2 heterocycles. The van der Waals surface area contributed by atoms with Crippen LogP contribution in [-0.4, -0.2) is 77.8 Å². The van der Waals surface area contributed by atoms with Crippen LogP contribution in [0.1, 0.15) is 83.3 Å². The van der Waals surface area contributed by atoms with Crippen LogP contribution in [0.2, 0.25) is 0 Å². The molecule has 256 valence electrons. The van der Waals surface area contributed by atoms with Crippen LogP contribution in [0.5, 0.6) is 0 Å². The highest BCUT2D eigenvalue weighted by molar-refractivity contribution is 5.86. The number of carbonyl (C=O) groups excluding carboxylic acids is 4. The van der Waals surface area contributed by atoms with Crippen molar-refractivity contribution in [2.24, 2.45) is 5.92 Å². The molecule has 2 aromatic carbocycles. The lowest BCUT2D eigenvalue weighted by Crippen LogP contribution is -2.65. The molecule has 0 aromatic heterocycles. The van der Waals surface area contributed by atoms with E-state index in [4.69, 9.17) is 14.2 Å². The Hall–Kier alpha value is -3.76. The van der Waals surface area contributed by atoms with E-state index in [2.05, 4.69) is 5.32 Å². The molecular formula is C37H52N3O7+. The number of nitrogens with zero attached hydrogens (tertiary/aromatic N) is 2. The van der Waals surface area contributed by atoms with Crippen LogP contribution in [0.3, 0.4) is 0 Å². The van der Waals surface area contributed by atoms with Crippen molar-refractivity contribution in [1.82, 2.24) is 10.2 Å². The van der Waals surface area contributed by atoms with E-state index >= 15 is 0 Å². The number of amides is 3. The van der Waals surface area contributed by atoms with Crippen LogP contribution >= 0.6 is 0 Å². The molecular weight excluding hydrogens is 598 g/mol. The Bertz CT molecular complexity index is 1300. The highest BCUT2D eigenvalue weighted by atomic mass is 16.6. The first-order valence-corrected chi connectivity index (χ1v) is 17.3. The highest BCUT2D eigenvalue weighted by Gasteiger charge is 2.55. The van der Waals surface area contributed by atoms with E-state index in [1.807, 2.05) is 67.6 Å². The number of hydrogen-bond donors (Lipinski definition) is 1. The number of hydrogen-bond acceptors (Lipinski definition) is 8. The van der Waals surface area contributed by atoms with Gasteiger partial charge in [0, 0.05) is 25.9 Å². The number of rotatable bonds is 14. The van der Waals surface area contributed by atoms with E-state index in [0.717, 1.165) is 56.1 Å². The fourth-order valence-electron chi connectivity index (χ4n) is 6.83. The van der Waals surface area contributed by atoms with Gasteiger partial charge in [-0.1, -0.05) is 79.9 Å². The molecule has 1 unspecified atom stereocenters. The van der Waals surface area contributed by atoms with Crippen molar-refractivity contribution in [3.05, 3.63) is 71.8 Å². The van der Waals surface area contributed by atoms with E-state index < -0.39 is 18.2 Å². The van der Waals surface area contributed by atoms with E-state index in [0.29, 0.717) is 32.0 Å². The normalized spacial score (nSPS) is 21.1. The topological polar surface area (TPSA) is 111 Å². The number of benzene rings is 2. The van der Waals surface area contributed by atoms with Gasteiger partial charge in [-0.15, -0.1) is 0 Å². The van der Waals surface area contributed by atoms with Gasteiger partial charge in [0.05, 0.1) is 13.2 Å². The first kappa shape index (κ1) is 36.1. The van der Waals surface area contributed by atoms with Crippen molar-refractivity contribution < 1.29 is 37.9 Å². The lowest BCUT2D eigenvalue weighted by Gasteiger charge is -2.34. The number of imide groups is 1. The van der Waals surface area contributed by atoms with Gasteiger partial charge in [-0.2, -0.15) is 9.28 Å². The summed E-state index contributed by atoms with van der Waals surface area (Å²) in [6.45, 7) is 7.77. The predicted molar refractivity (Wildman–Crippen MR) is 178 cm³/mol. The van der Waals surface area contributed by atoms with Crippen LogP contribution in [0.4, 0.5) is 9.59 Å². The molecule has 2 aliphatic heterocycles. The maximum absolute atomic E-state index is 14.0. The lowest BCUT2D eigenvalue weighted by atomic mass is 9.91. The van der Waals surface area contributed by atoms with E-state index in [1.165, 1.54) is 0 Å². The summed E-state index contributed by atoms with van der Waals surface area (Å²) < 4.78 is 16.2. The molecule has 0 spiro atoms. The number of carbonyl (C=O) groups is 4. The molecule has 2 fully saturated rings. The molecule has 47 heavy (non-hydrogen) atoms. The van der Waals surface area contributed by atoms with E-state index in [1.54, 1.807) is 18.7 Å². The Kier molecular flexibility index (Phi) is 13.8. The first-order valence-electron chi connectivity index (χ1n) is 17.3. The molecule has 2 aromatic rings. The fraction of sp³-hybridized carbons (Fsp3) is 0.568. The van der Waals surface area contributed by atoms with Gasteiger partial charge in [-0.3, -0.25) is 10.1 Å². The predicted octanol–water partition coefficient (Wildman–Crippen LogP) is 6.37. The summed E-state index contributed by atoms with van der Waals surface area (Å²) >= 11 is 0. The summed E-state index contributed by atoms with van der Waals surface area (Å²) in [6, 6.07) is 17.5. The van der Waals surface area contributed by atoms with Crippen LogP contribution in [0.15, 0.2) is 60.7 Å². The Morgan fingerprint density at radius 3 is 2.06 bits per heavy atom. The Morgan fingerprint density at radius 2 is 1.49 bits per heavy atom. The third kappa shape index (κ3) is 9.87. The summed E-state index contributed by atoms with van der Waals surface area (Å²) in [4.78, 5) is 54.8. The second kappa shape index (κ2) is 18.0. The Balaban J connectivity index is 1.24. The Labute approximate surface area is 279 Å². The molecule has 2 aliphatic rings. The summed E-state index contributed by atoms with van der Waals surface area (Å²) in [5.74, 6) is -0.163. The summed E-state index contributed by atoms with van der Waals surface area (Å²) in [7, 11) is 0. The highest BCUT2D eigenvalue weighted by Crippen LogP contribution is 2.31. The van der Waals surface area contributed by atoms with Gasteiger partial charge in [-0.05, 0) is 57.1 Å². The molecule has 0 bridgehead atoms. The van der Waals surface area contributed by atoms with Crippen molar-refractivity contribution in [1.29, 1.82) is 0 Å². The molecule has 0 aliphatic carbocycles. The van der Waals surface area contributed by atoms with Crippen LogP contribution in [-0.2, 0) is 37.0 Å². The zero-order valence-electron chi connectivity index (χ0n) is 28.2. The number of ether oxygens (including phenoxy) is 3. The van der Waals surface area contributed by atoms with Crippen LogP contribution < -0.4 is 5.32 Å². The average Bonchev–Trinajstić information content (AvgIpc) is 3.50. The molecule has 4 atom stereocenters. The minimum Gasteiger partial charge on any atom is -0.465 e. The second-order valence-corrected chi connectivity index (χ2v) is 12.9. The molecule has 3 amide bonds. The molecule has 0 radical (unpaired) electrons. The van der Waals surface area contributed by atoms with Gasteiger partial charge in [0.25, 0.3) is 0 Å². The van der Waals surface area contributed by atoms with Crippen molar-refractivity contribution in [3.63, 3.8) is 0 Å². The smallest absolute Gasteiger partial charge is 0.465 e. The molecule has 1 N–H and O–H groups in total. The molecule has 4 rings (SSSR count). The van der Waals surface area contributed by atoms with Crippen molar-refractivity contribution in [2.45, 2.75) is 103 Å². The second-order valence-electron chi connectivity index (χ2n) is 12.9. The largest absolute Gasteiger partial charge is 0.524 e. The number of piperidine rings is 1. The van der Waals surface area contributed by atoms with Crippen molar-refractivity contribution in [2.75, 3.05) is 26.2 Å². The minimum atomic E-state index is -0.750. The maximum atomic E-state index is 14.0. The first-order chi connectivity index (χ1) is 22.7. The monoisotopic (exact) mass is 650 g/mol. The number of nitrogens with one attached hydrogen (secondary N) is 1. The van der Waals surface area contributed by atoms with Crippen molar-refractivity contribution in [3.8, 4) is 0 Å². The molecule has 10 heteroatoms. The number of esters is 1. The van der Waals surface area contributed by atoms with Gasteiger partial charge in [0.15, 0.2) is 0 Å². The van der Waals surface area contributed by atoms with Gasteiger partial charge in [0.1, 0.15) is 31.3 Å². The van der Waals surface area contributed by atoms with Crippen molar-refractivity contribution >= 4 is 24.1 Å². The quantitative estimate of drug-likeness (QED) is 0.109. The zero-order valence-corrected chi connectivity index (χ0v) is 28.2. The molecule has 10 nitrogen and oxygen atoms in total. The third-order valence-corrected chi connectivity index (χ3v) is 9.64. The zero-order chi connectivity index (χ0) is 33.6. The third-order valence-electron chi connectivity index (χ3n) is 9.64. The van der Waals surface area contributed by atoms with E-state index in [-0.39, 0.29) is 48.3 Å². The maximum Gasteiger partial charge on any atom is 0.524 e. The van der Waals surface area contributed by atoms with E-state index in [9.17, 15) is 19.2 Å². The summed E-state index contributed by atoms with van der Waals surface area (Å²) in [5.41, 5.74) is 1.83. The van der Waals surface area contributed by atoms with Gasteiger partial charge >= 0.3 is 24.1 Å². The van der Waals surface area contributed by atoms with Crippen LogP contribution in [0, 0.1) is 5.92 Å². The van der Waals surface area contributed by atoms with Gasteiger partial charge in [0.2, 0.25) is 0 Å². The average molecular weight is 651 g/mol. The van der Waals surface area contributed by atoms with Gasteiger partial charge < -0.3 is 19.1 Å². The Morgan fingerprint density at radius 1 is 0.872 bits per heavy atom. The van der Waals surface area contributed by atoms with Crippen LogP contribution in [0.25, 0.3) is 0 Å². The summed E-state index contributed by atoms with van der Waals surface area (Å²) in [5, 5.41) is 3.23. The number of likely N-dealkylation sites (tertiary alicyclic amines) is 2. The summed E-state index contributed by atoms with van der Waals surface area (Å²) in [6.07, 6.45) is 5.75.